The molecule has 0 aliphatic carbocycles. The van der Waals surface area contributed by atoms with Gasteiger partial charge in [-0.25, -0.2) is 0 Å². The van der Waals surface area contributed by atoms with E-state index in [0.29, 0.717) is 0 Å². The lowest BCUT2D eigenvalue weighted by Crippen LogP contribution is -2.09. The average Bonchev–Trinajstić information content (AvgIpc) is 3.16. The quantitative estimate of drug-likeness (QED) is 0.102. The summed E-state index contributed by atoms with van der Waals surface area (Å²) in [5.41, 5.74) is 13.9. The van der Waals surface area contributed by atoms with Gasteiger partial charge < -0.3 is 4.90 Å². The molecule has 0 aromatic heterocycles. The lowest BCUT2D eigenvalue weighted by molar-refractivity contribution is 1.27. The molecule has 238 valence electrons. The summed E-state index contributed by atoms with van der Waals surface area (Å²) in [5.74, 6) is 0. The highest BCUT2D eigenvalue weighted by molar-refractivity contribution is 5.94. The van der Waals surface area contributed by atoms with E-state index in [4.69, 9.17) is 0 Å². The minimum absolute atomic E-state index is 1.10. The molecule has 0 aliphatic heterocycles. The van der Waals surface area contributed by atoms with Crippen molar-refractivity contribution in [3.05, 3.63) is 234 Å². The predicted octanol–water partition coefficient (Wildman–Crippen LogP) is 13.3. The zero-order valence-electron chi connectivity index (χ0n) is 28.2. The van der Waals surface area contributed by atoms with Gasteiger partial charge in [0.05, 0.1) is 0 Å². The predicted molar refractivity (Wildman–Crippen MR) is 213 cm³/mol. The van der Waals surface area contributed by atoms with Gasteiger partial charge in [0.15, 0.2) is 0 Å². The molecule has 0 unspecified atom stereocenters. The highest BCUT2D eigenvalue weighted by Crippen LogP contribution is 2.36. The maximum atomic E-state index is 3.87. The smallest absolute Gasteiger partial charge is 0.0462 e. The molecule has 0 atom stereocenters. The van der Waals surface area contributed by atoms with E-state index in [1.165, 1.54) is 33.4 Å². The second-order valence-electron chi connectivity index (χ2n) is 11.9. The number of hydrogen-bond acceptors (Lipinski definition) is 1. The van der Waals surface area contributed by atoms with Crippen molar-refractivity contribution in [2.45, 2.75) is 13.8 Å². The average molecular weight is 632 g/mol. The van der Waals surface area contributed by atoms with E-state index in [-0.39, 0.29) is 0 Å². The number of hydrogen-bond donors (Lipinski definition) is 0. The van der Waals surface area contributed by atoms with Crippen molar-refractivity contribution >= 4 is 40.4 Å². The molecular weight excluding hydrogens is 591 g/mol. The Morgan fingerprint density at radius 2 is 0.939 bits per heavy atom. The van der Waals surface area contributed by atoms with Gasteiger partial charge in [0, 0.05) is 17.1 Å². The van der Waals surface area contributed by atoms with Crippen molar-refractivity contribution in [2.75, 3.05) is 4.90 Å². The van der Waals surface area contributed by atoms with E-state index in [0.717, 1.165) is 33.8 Å². The summed E-state index contributed by atoms with van der Waals surface area (Å²) in [6.07, 6.45) is 12.6. The molecule has 1 nitrogen and oxygen atoms in total. The highest BCUT2D eigenvalue weighted by atomic mass is 15.1. The Labute approximate surface area is 291 Å². The van der Waals surface area contributed by atoms with Crippen LogP contribution in [0.5, 0.6) is 0 Å². The molecule has 0 fully saturated rings. The molecule has 49 heavy (non-hydrogen) atoms. The van der Waals surface area contributed by atoms with Crippen LogP contribution in [-0.4, -0.2) is 0 Å². The van der Waals surface area contributed by atoms with Gasteiger partial charge in [-0.15, -0.1) is 0 Å². The molecule has 0 radical (unpaired) electrons. The van der Waals surface area contributed by atoms with Crippen LogP contribution >= 0.6 is 0 Å². The van der Waals surface area contributed by atoms with Crippen molar-refractivity contribution in [3.63, 3.8) is 0 Å². The van der Waals surface area contributed by atoms with Crippen LogP contribution in [0.25, 0.3) is 23.3 Å². The van der Waals surface area contributed by atoms with E-state index < -0.39 is 0 Å². The zero-order valence-corrected chi connectivity index (χ0v) is 28.2. The van der Waals surface area contributed by atoms with Gasteiger partial charge in [-0.05, 0) is 107 Å². The van der Waals surface area contributed by atoms with E-state index in [1.54, 1.807) is 0 Å². The van der Waals surface area contributed by atoms with Gasteiger partial charge in [0.25, 0.3) is 0 Å². The summed E-state index contributed by atoms with van der Waals surface area (Å²) in [6, 6.07) is 58.1. The SMILES string of the molecule is C=C\C=C/C(=C\C)C(=C/c1ccc(N(c2ccc(C)cc2)c2ccc(C=C(c3ccccc3)c3ccccc3)cc2)cc1)/c1ccccc1. The summed E-state index contributed by atoms with van der Waals surface area (Å²) >= 11 is 0. The Kier molecular flexibility index (Phi) is 10.8. The summed E-state index contributed by atoms with van der Waals surface area (Å²) in [4.78, 5) is 2.32. The fourth-order valence-corrected chi connectivity index (χ4v) is 5.95. The molecule has 0 bridgehead atoms. The van der Waals surface area contributed by atoms with Crippen LogP contribution in [0.2, 0.25) is 0 Å². The second kappa shape index (κ2) is 16.1. The summed E-state index contributed by atoms with van der Waals surface area (Å²) in [6.45, 7) is 8.07. The minimum Gasteiger partial charge on any atom is -0.311 e. The van der Waals surface area contributed by atoms with E-state index in [2.05, 4.69) is 213 Å². The first-order valence-electron chi connectivity index (χ1n) is 16.8. The molecule has 0 amide bonds. The number of rotatable bonds is 11. The molecule has 0 N–H and O–H groups in total. The topological polar surface area (TPSA) is 3.24 Å². The summed E-state index contributed by atoms with van der Waals surface area (Å²) < 4.78 is 0. The summed E-state index contributed by atoms with van der Waals surface area (Å²) in [5, 5.41) is 0. The Hall–Kier alpha value is -6.18. The Morgan fingerprint density at radius 1 is 0.510 bits per heavy atom. The third kappa shape index (κ3) is 8.22. The van der Waals surface area contributed by atoms with Crippen LogP contribution in [0.3, 0.4) is 0 Å². The molecule has 6 aromatic carbocycles. The molecule has 1 heteroatoms. The van der Waals surface area contributed by atoms with Crippen molar-refractivity contribution in [2.24, 2.45) is 0 Å². The van der Waals surface area contributed by atoms with Crippen molar-refractivity contribution in [3.8, 4) is 0 Å². The van der Waals surface area contributed by atoms with Gasteiger partial charge in [-0.2, -0.15) is 0 Å². The molecular formula is C48H41N. The van der Waals surface area contributed by atoms with Gasteiger partial charge in [-0.3, -0.25) is 0 Å². The first kappa shape index (κ1) is 32.7. The van der Waals surface area contributed by atoms with Crippen LogP contribution < -0.4 is 4.90 Å². The van der Waals surface area contributed by atoms with Crippen LogP contribution in [-0.2, 0) is 0 Å². The number of benzene rings is 6. The number of allylic oxidation sites excluding steroid dienone is 6. The van der Waals surface area contributed by atoms with Crippen LogP contribution in [0.1, 0.15) is 40.3 Å². The van der Waals surface area contributed by atoms with Crippen molar-refractivity contribution in [1.29, 1.82) is 0 Å². The third-order valence-corrected chi connectivity index (χ3v) is 8.51. The molecule has 6 aromatic rings. The first-order valence-corrected chi connectivity index (χ1v) is 16.8. The Bertz CT molecular complexity index is 2040. The lowest BCUT2D eigenvalue weighted by Gasteiger charge is -2.26. The maximum absolute atomic E-state index is 3.87. The number of aryl methyl sites for hydroxylation is 1. The van der Waals surface area contributed by atoms with Gasteiger partial charge in [0.2, 0.25) is 0 Å². The number of nitrogens with zero attached hydrogens (tertiary/aromatic N) is 1. The maximum Gasteiger partial charge on any atom is 0.0462 e. The Morgan fingerprint density at radius 3 is 1.39 bits per heavy atom. The summed E-state index contributed by atoms with van der Waals surface area (Å²) in [7, 11) is 0. The van der Waals surface area contributed by atoms with Crippen LogP contribution in [0, 0.1) is 6.92 Å². The van der Waals surface area contributed by atoms with Crippen molar-refractivity contribution in [1.82, 2.24) is 0 Å². The molecule has 0 spiro atoms. The fraction of sp³-hybridized carbons (Fsp3) is 0.0417. The van der Waals surface area contributed by atoms with E-state index in [1.807, 2.05) is 12.2 Å². The first-order chi connectivity index (χ1) is 24.1. The Balaban J connectivity index is 1.37. The molecule has 0 heterocycles. The third-order valence-electron chi connectivity index (χ3n) is 8.51. The largest absolute Gasteiger partial charge is 0.311 e. The normalized spacial score (nSPS) is 11.7. The fourth-order valence-electron chi connectivity index (χ4n) is 5.95. The minimum atomic E-state index is 1.10. The monoisotopic (exact) mass is 631 g/mol. The van der Waals surface area contributed by atoms with Crippen LogP contribution in [0.15, 0.2) is 200 Å². The van der Waals surface area contributed by atoms with E-state index in [9.17, 15) is 0 Å². The number of anilines is 3. The molecule has 6 rings (SSSR count). The zero-order chi connectivity index (χ0) is 33.8. The molecule has 0 saturated carbocycles. The second-order valence-corrected chi connectivity index (χ2v) is 11.9. The van der Waals surface area contributed by atoms with Gasteiger partial charge in [0.1, 0.15) is 0 Å². The lowest BCUT2D eigenvalue weighted by atomic mass is 9.94. The van der Waals surface area contributed by atoms with Gasteiger partial charge in [-0.1, -0.05) is 164 Å². The molecule has 0 aliphatic rings. The van der Waals surface area contributed by atoms with E-state index >= 15 is 0 Å². The molecule has 0 saturated heterocycles. The van der Waals surface area contributed by atoms with Gasteiger partial charge >= 0.3 is 0 Å². The standard InChI is InChI=1S/C48H41N/c1-4-6-16-40(5-2)47(41-17-10-7-11-18-41)35-38-25-31-45(32-26-38)49(44-29-23-37(3)24-30-44)46-33-27-39(28-34-46)36-48(42-19-12-8-13-20-42)43-21-14-9-15-22-43/h4-36H,1H2,2-3H3/b16-6-,40-5+,47-35-. The van der Waals surface area contributed by atoms with Crippen molar-refractivity contribution < 1.29 is 0 Å². The van der Waals surface area contributed by atoms with Crippen LogP contribution in [0.4, 0.5) is 17.1 Å². The highest BCUT2D eigenvalue weighted by Gasteiger charge is 2.13.